The van der Waals surface area contributed by atoms with Crippen molar-refractivity contribution < 1.29 is 0 Å². The fourth-order valence-electron chi connectivity index (χ4n) is 1.13. The molecule has 0 atom stereocenters. The Morgan fingerprint density at radius 2 is 2.55 bits per heavy atom. The van der Waals surface area contributed by atoms with Gasteiger partial charge in [-0.2, -0.15) is 0 Å². The first-order valence-corrected chi connectivity index (χ1v) is 4.20. The van der Waals surface area contributed by atoms with E-state index in [1.807, 2.05) is 7.05 Å². The summed E-state index contributed by atoms with van der Waals surface area (Å²) < 4.78 is 0. The van der Waals surface area contributed by atoms with E-state index in [0.717, 1.165) is 26.2 Å². The SMILES string of the molecule is CCN1C=C(CCNC)NC1. The standard InChI is InChI=1S/C8H17N3/c1-3-11-6-8(10-7-11)4-5-9-2/h6,9-10H,3-5,7H2,1-2H3. The van der Waals surface area contributed by atoms with Crippen LogP contribution < -0.4 is 10.6 Å². The van der Waals surface area contributed by atoms with Crippen LogP contribution in [-0.2, 0) is 0 Å². The summed E-state index contributed by atoms with van der Waals surface area (Å²) in [5.41, 5.74) is 1.35. The Hall–Kier alpha value is -0.700. The van der Waals surface area contributed by atoms with E-state index in [9.17, 15) is 0 Å². The first kappa shape index (κ1) is 8.40. The molecule has 1 rings (SSSR count). The predicted octanol–water partition coefficient (Wildman–Crippen LogP) is 0.320. The third-order valence-corrected chi connectivity index (χ3v) is 1.90. The van der Waals surface area contributed by atoms with Gasteiger partial charge in [0.2, 0.25) is 0 Å². The van der Waals surface area contributed by atoms with Crippen molar-refractivity contribution in [3.63, 3.8) is 0 Å². The van der Waals surface area contributed by atoms with E-state index in [1.165, 1.54) is 5.70 Å². The molecule has 0 saturated carbocycles. The van der Waals surface area contributed by atoms with Crippen molar-refractivity contribution in [2.45, 2.75) is 13.3 Å². The van der Waals surface area contributed by atoms with Gasteiger partial charge in [-0.3, -0.25) is 0 Å². The fraction of sp³-hybridized carbons (Fsp3) is 0.750. The van der Waals surface area contributed by atoms with Crippen molar-refractivity contribution in [2.24, 2.45) is 0 Å². The molecule has 0 spiro atoms. The van der Waals surface area contributed by atoms with Crippen LogP contribution in [0.25, 0.3) is 0 Å². The van der Waals surface area contributed by atoms with Crippen molar-refractivity contribution in [1.82, 2.24) is 15.5 Å². The summed E-state index contributed by atoms with van der Waals surface area (Å²) in [6, 6.07) is 0. The quantitative estimate of drug-likeness (QED) is 0.612. The maximum atomic E-state index is 3.34. The molecule has 0 fully saturated rings. The minimum atomic E-state index is 0.982. The molecule has 1 heterocycles. The van der Waals surface area contributed by atoms with Gasteiger partial charge in [0.25, 0.3) is 0 Å². The molecule has 64 valence electrons. The van der Waals surface area contributed by atoms with Gasteiger partial charge in [0, 0.05) is 31.4 Å². The van der Waals surface area contributed by atoms with Crippen LogP contribution in [0.15, 0.2) is 11.9 Å². The molecular weight excluding hydrogens is 138 g/mol. The molecule has 0 bridgehead atoms. The second-order valence-electron chi connectivity index (χ2n) is 2.75. The maximum absolute atomic E-state index is 3.34. The Morgan fingerprint density at radius 1 is 1.73 bits per heavy atom. The van der Waals surface area contributed by atoms with Crippen molar-refractivity contribution in [2.75, 3.05) is 26.8 Å². The lowest BCUT2D eigenvalue weighted by atomic mass is 10.3. The summed E-state index contributed by atoms with van der Waals surface area (Å²) in [4.78, 5) is 2.27. The molecule has 0 aromatic carbocycles. The predicted molar refractivity (Wildman–Crippen MR) is 47.0 cm³/mol. The first-order valence-electron chi connectivity index (χ1n) is 4.20. The molecule has 0 radical (unpaired) electrons. The zero-order chi connectivity index (χ0) is 8.10. The van der Waals surface area contributed by atoms with Gasteiger partial charge in [0.15, 0.2) is 0 Å². The lowest BCUT2D eigenvalue weighted by molar-refractivity contribution is 0.412. The van der Waals surface area contributed by atoms with Crippen LogP contribution in [0, 0.1) is 0 Å². The van der Waals surface area contributed by atoms with Crippen LogP contribution in [0.1, 0.15) is 13.3 Å². The molecular formula is C8H17N3. The minimum Gasteiger partial charge on any atom is -0.370 e. The molecule has 3 heteroatoms. The average Bonchev–Trinajstić information content (AvgIpc) is 2.48. The summed E-state index contributed by atoms with van der Waals surface area (Å²) in [7, 11) is 1.98. The minimum absolute atomic E-state index is 0.982. The lowest BCUT2D eigenvalue weighted by Gasteiger charge is -2.09. The van der Waals surface area contributed by atoms with Gasteiger partial charge >= 0.3 is 0 Å². The van der Waals surface area contributed by atoms with E-state index >= 15 is 0 Å². The smallest absolute Gasteiger partial charge is 0.0869 e. The van der Waals surface area contributed by atoms with Gasteiger partial charge in [0.05, 0.1) is 6.67 Å². The largest absolute Gasteiger partial charge is 0.370 e. The highest BCUT2D eigenvalue weighted by Crippen LogP contribution is 2.05. The molecule has 1 aliphatic rings. The molecule has 0 amide bonds. The number of rotatable bonds is 4. The molecule has 0 unspecified atom stereocenters. The Labute approximate surface area is 68.5 Å². The van der Waals surface area contributed by atoms with Gasteiger partial charge in [-0.25, -0.2) is 0 Å². The van der Waals surface area contributed by atoms with E-state index in [-0.39, 0.29) is 0 Å². The second-order valence-corrected chi connectivity index (χ2v) is 2.75. The Bertz CT molecular complexity index is 142. The maximum Gasteiger partial charge on any atom is 0.0869 e. The third kappa shape index (κ3) is 2.42. The van der Waals surface area contributed by atoms with E-state index in [0.29, 0.717) is 0 Å². The van der Waals surface area contributed by atoms with Crippen LogP contribution in [0.2, 0.25) is 0 Å². The van der Waals surface area contributed by atoms with Crippen molar-refractivity contribution >= 4 is 0 Å². The summed E-state index contributed by atoms with van der Waals surface area (Å²) in [6.07, 6.45) is 3.31. The van der Waals surface area contributed by atoms with Crippen molar-refractivity contribution in [3.05, 3.63) is 11.9 Å². The molecule has 2 N–H and O–H groups in total. The first-order chi connectivity index (χ1) is 5.36. The highest BCUT2D eigenvalue weighted by Gasteiger charge is 2.07. The van der Waals surface area contributed by atoms with E-state index in [4.69, 9.17) is 0 Å². The summed E-state index contributed by atoms with van der Waals surface area (Å²) >= 11 is 0. The van der Waals surface area contributed by atoms with Crippen LogP contribution in [0.3, 0.4) is 0 Å². The van der Waals surface area contributed by atoms with Crippen LogP contribution in [-0.4, -0.2) is 31.7 Å². The summed E-state index contributed by atoms with van der Waals surface area (Å²) in [6.45, 7) is 5.29. The zero-order valence-corrected chi connectivity index (χ0v) is 7.35. The van der Waals surface area contributed by atoms with Crippen LogP contribution in [0.5, 0.6) is 0 Å². The molecule has 0 aromatic heterocycles. The van der Waals surface area contributed by atoms with E-state index in [1.54, 1.807) is 0 Å². The Morgan fingerprint density at radius 3 is 3.09 bits per heavy atom. The van der Waals surface area contributed by atoms with Crippen molar-refractivity contribution in [3.8, 4) is 0 Å². The molecule has 11 heavy (non-hydrogen) atoms. The van der Waals surface area contributed by atoms with Gasteiger partial charge in [0.1, 0.15) is 0 Å². The Kier molecular flexibility index (Phi) is 3.23. The molecule has 0 aromatic rings. The van der Waals surface area contributed by atoms with Crippen LogP contribution in [0.4, 0.5) is 0 Å². The van der Waals surface area contributed by atoms with Crippen LogP contribution >= 0.6 is 0 Å². The molecule has 0 saturated heterocycles. The number of hydrogen-bond donors (Lipinski definition) is 2. The van der Waals surface area contributed by atoms with E-state index < -0.39 is 0 Å². The molecule has 1 aliphatic heterocycles. The van der Waals surface area contributed by atoms with Gasteiger partial charge in [-0.1, -0.05) is 0 Å². The van der Waals surface area contributed by atoms with E-state index in [2.05, 4.69) is 28.7 Å². The van der Waals surface area contributed by atoms with Gasteiger partial charge in [-0.15, -0.1) is 0 Å². The summed E-state index contributed by atoms with van der Waals surface area (Å²) in [5.74, 6) is 0. The number of hydrogen-bond acceptors (Lipinski definition) is 3. The Balaban J connectivity index is 2.24. The summed E-state index contributed by atoms with van der Waals surface area (Å²) in [5, 5.41) is 6.47. The number of nitrogens with one attached hydrogen (secondary N) is 2. The fourth-order valence-corrected chi connectivity index (χ4v) is 1.13. The third-order valence-electron chi connectivity index (χ3n) is 1.90. The van der Waals surface area contributed by atoms with Crippen molar-refractivity contribution in [1.29, 1.82) is 0 Å². The highest BCUT2D eigenvalue weighted by molar-refractivity contribution is 5.04. The zero-order valence-electron chi connectivity index (χ0n) is 7.35. The lowest BCUT2D eigenvalue weighted by Crippen LogP contribution is -2.21. The molecule has 3 nitrogen and oxygen atoms in total. The second kappa shape index (κ2) is 4.23. The average molecular weight is 155 g/mol. The normalized spacial score (nSPS) is 16.5. The topological polar surface area (TPSA) is 27.3 Å². The number of nitrogens with zero attached hydrogens (tertiary/aromatic N) is 1. The monoisotopic (exact) mass is 155 g/mol. The highest BCUT2D eigenvalue weighted by atomic mass is 15.3. The van der Waals surface area contributed by atoms with Gasteiger partial charge < -0.3 is 15.5 Å². The molecule has 0 aliphatic carbocycles. The van der Waals surface area contributed by atoms with Gasteiger partial charge in [-0.05, 0) is 14.0 Å².